The maximum absolute atomic E-state index is 16.0. The van der Waals surface area contributed by atoms with E-state index >= 15 is 4.39 Å². The summed E-state index contributed by atoms with van der Waals surface area (Å²) in [6.07, 6.45) is -3.93. The molecule has 76 heavy (non-hydrogen) atoms. The molecule has 3 aliphatic rings. The molecule has 24 heteroatoms. The first-order valence-electron chi connectivity index (χ1n) is 24.5. The number of piperazine rings is 1. The number of nitrogens with zero attached hydrogens (tertiary/aromatic N) is 6. The molecule has 18 nitrogen and oxygen atoms in total. The number of aliphatic hydroxyl groups is 1. The second-order valence-electron chi connectivity index (χ2n) is 20.9. The summed E-state index contributed by atoms with van der Waals surface area (Å²) in [5.74, 6) is 3.85. The molecule has 0 aliphatic carbocycles. The van der Waals surface area contributed by atoms with Crippen LogP contribution in [0.4, 0.5) is 41.7 Å². The molecule has 5 heterocycles. The van der Waals surface area contributed by atoms with E-state index in [0.717, 1.165) is 75.5 Å². The molecule has 410 valence electrons. The van der Waals surface area contributed by atoms with Crippen molar-refractivity contribution in [2.75, 3.05) is 44.9 Å². The lowest BCUT2D eigenvalue weighted by Crippen LogP contribution is -2.63. The van der Waals surface area contributed by atoms with Gasteiger partial charge in [0.15, 0.2) is 0 Å². The Morgan fingerprint density at radius 2 is 1.51 bits per heavy atom. The van der Waals surface area contributed by atoms with Crippen LogP contribution in [-0.2, 0) is 32.0 Å². The van der Waals surface area contributed by atoms with Crippen LogP contribution >= 0.6 is 0 Å². The van der Waals surface area contributed by atoms with Gasteiger partial charge in [-0.3, -0.25) is 19.9 Å². The second-order valence-corrected chi connectivity index (χ2v) is 20.9. The molecular weight excluding hydrogens is 1010 g/mol. The number of aromatic nitrogens is 3. The average Bonchev–Trinajstić information content (AvgIpc) is 3.93. The molecule has 2 aromatic heterocycles. The van der Waals surface area contributed by atoms with Gasteiger partial charge in [0.2, 0.25) is 5.91 Å². The fraction of sp³-hybridized carbons (Fsp3) is 0.500. The van der Waals surface area contributed by atoms with Crippen LogP contribution in [0.3, 0.4) is 0 Å². The van der Waals surface area contributed by atoms with Crippen molar-refractivity contribution in [3.05, 3.63) is 101 Å². The number of nitrogens with one attached hydrogen (secondary N) is 4. The SMILES string of the molecule is COC(=O)NC(C(=O)NC(Cc1ccc(C#Cc2ccc(N3CC4CCC(C3)N4C3COC3)nc2)cc1)C(O)CN(Cc1ccc(-c2cnn(C(F)F)c2)cc1F)NC(=O)C(NC(=O)O)C(C)(C)C)C(C)(C)C(F)(F)F. The smallest absolute Gasteiger partial charge is 0.407 e. The largest absolute Gasteiger partial charge is 0.465 e. The number of anilines is 1. The average molecular weight is 1070 g/mol. The molecule has 2 aromatic carbocycles. The van der Waals surface area contributed by atoms with E-state index in [9.17, 15) is 51.3 Å². The monoisotopic (exact) mass is 1070 g/mol. The molecular formula is C52H62F6N10O8. The number of carbonyl (C=O) groups is 4. The Hall–Kier alpha value is -6.94. The van der Waals surface area contributed by atoms with E-state index in [4.69, 9.17) is 9.72 Å². The first kappa shape index (κ1) is 56.8. The second kappa shape index (κ2) is 23.5. The highest BCUT2D eigenvalue weighted by atomic mass is 19.4. The first-order chi connectivity index (χ1) is 35.8. The number of benzene rings is 2. The Kier molecular flexibility index (Phi) is 17.6. The van der Waals surface area contributed by atoms with Crippen molar-refractivity contribution in [1.29, 1.82) is 0 Å². The van der Waals surface area contributed by atoms with Crippen LogP contribution in [0.1, 0.15) is 76.3 Å². The number of methoxy groups -OCH3 is 1. The lowest BCUT2D eigenvalue weighted by Gasteiger charge is -2.47. The number of fused-ring (bicyclic) bond motifs is 2. The van der Waals surface area contributed by atoms with Gasteiger partial charge in [-0.25, -0.2) is 28.7 Å². The number of pyridine rings is 1. The quantitative estimate of drug-likeness (QED) is 0.0393. The topological polar surface area (TPSA) is 216 Å². The summed E-state index contributed by atoms with van der Waals surface area (Å²) in [6.45, 7) is 5.24. The molecule has 2 bridgehead atoms. The molecule has 0 spiro atoms. The third-order valence-corrected chi connectivity index (χ3v) is 14.0. The Morgan fingerprint density at radius 3 is 2.05 bits per heavy atom. The lowest BCUT2D eigenvalue weighted by molar-refractivity contribution is -0.220. The van der Waals surface area contributed by atoms with Crippen molar-refractivity contribution in [3.8, 4) is 23.0 Å². The molecule has 6 N–H and O–H groups in total. The predicted molar refractivity (Wildman–Crippen MR) is 265 cm³/mol. The number of hydrazine groups is 1. The zero-order valence-corrected chi connectivity index (χ0v) is 42.7. The van der Waals surface area contributed by atoms with E-state index in [-0.39, 0.29) is 23.1 Å². The maximum atomic E-state index is 16.0. The number of carbonyl (C=O) groups excluding carboxylic acids is 3. The molecule has 6 unspecified atom stereocenters. The number of halogens is 6. The molecule has 0 saturated carbocycles. The highest BCUT2D eigenvalue weighted by Crippen LogP contribution is 2.41. The third-order valence-electron chi connectivity index (χ3n) is 14.0. The number of alkyl carbamates (subject to hydrolysis) is 1. The molecule has 3 saturated heterocycles. The van der Waals surface area contributed by atoms with Gasteiger partial charge in [0.05, 0.1) is 50.1 Å². The van der Waals surface area contributed by atoms with Crippen molar-refractivity contribution >= 4 is 29.8 Å². The van der Waals surface area contributed by atoms with Gasteiger partial charge >= 0.3 is 24.9 Å². The molecule has 0 radical (unpaired) electrons. The molecule has 6 atom stereocenters. The Labute approximate surface area is 435 Å². The van der Waals surface area contributed by atoms with E-state index in [0.29, 0.717) is 53.3 Å². The maximum Gasteiger partial charge on any atom is 0.407 e. The standard InChI is InChI=1S/C52H62F6N10O8/c1-50(2,3)43(62-48(72)73)46(71)64-66(23-34-15-14-33(20-39(34)53)35-22-60-67(24-35)47(54)55)27-41(69)40(61-45(70)44(63-49(74)75-6)51(4,5)52(56,57)58)19-31-10-7-30(8-11-31)9-12-32-13-18-42(59-21-32)65-25-36-16-17-37(26-65)68(36)38-28-76-29-38/h7-8,10-11,13-15,18,20-22,24,36-38,40-41,43-44,47,62,69H,16-17,19,23,25-29H2,1-6H3,(H,61,70)(H,63,74)(H,64,71)(H,72,73). The van der Waals surface area contributed by atoms with E-state index in [2.05, 4.69) is 47.5 Å². The van der Waals surface area contributed by atoms with Crippen molar-refractivity contribution in [3.63, 3.8) is 0 Å². The number of amides is 4. The van der Waals surface area contributed by atoms with Crippen LogP contribution < -0.4 is 26.3 Å². The van der Waals surface area contributed by atoms with Gasteiger partial charge in [0, 0.05) is 72.9 Å². The lowest BCUT2D eigenvalue weighted by atomic mass is 9.82. The molecule has 3 aliphatic heterocycles. The number of alkyl halides is 5. The van der Waals surface area contributed by atoms with Crippen LogP contribution in [0.25, 0.3) is 11.1 Å². The highest BCUT2D eigenvalue weighted by Gasteiger charge is 2.56. The van der Waals surface area contributed by atoms with Crippen molar-refractivity contribution in [2.24, 2.45) is 10.8 Å². The van der Waals surface area contributed by atoms with Crippen LogP contribution in [0.2, 0.25) is 0 Å². The number of ether oxygens (including phenoxy) is 2. The van der Waals surface area contributed by atoms with Crippen molar-refractivity contribution < 1.29 is 65.2 Å². The van der Waals surface area contributed by atoms with Crippen molar-refractivity contribution in [1.82, 2.24) is 46.0 Å². The number of hydrogen-bond donors (Lipinski definition) is 6. The minimum Gasteiger partial charge on any atom is -0.465 e. The van der Waals surface area contributed by atoms with E-state index in [1.807, 2.05) is 17.4 Å². The van der Waals surface area contributed by atoms with Gasteiger partial charge in [0.1, 0.15) is 23.7 Å². The molecule has 4 amide bonds. The Balaban J connectivity index is 1.14. The van der Waals surface area contributed by atoms with Gasteiger partial charge in [-0.2, -0.15) is 27.1 Å². The number of carboxylic acid groups (broad SMARTS) is 1. The zero-order chi connectivity index (χ0) is 55.3. The molecule has 7 rings (SSSR count). The number of hydrogen-bond acceptors (Lipinski definition) is 12. The van der Waals surface area contributed by atoms with Crippen LogP contribution in [0.5, 0.6) is 0 Å². The van der Waals surface area contributed by atoms with Gasteiger partial charge in [-0.15, -0.1) is 0 Å². The normalized spacial score (nSPS) is 18.7. The molecule has 4 aromatic rings. The zero-order valence-electron chi connectivity index (χ0n) is 42.7. The summed E-state index contributed by atoms with van der Waals surface area (Å²) in [5.41, 5.74) is 0.429. The van der Waals surface area contributed by atoms with E-state index in [1.165, 1.54) is 12.1 Å². The summed E-state index contributed by atoms with van der Waals surface area (Å²) < 4.78 is 96.5. The number of rotatable bonds is 18. The Bertz CT molecular complexity index is 2750. The molecule has 3 fully saturated rings. The summed E-state index contributed by atoms with van der Waals surface area (Å²) in [7, 11) is 0.896. The minimum atomic E-state index is -5.06. The van der Waals surface area contributed by atoms with Crippen LogP contribution in [0, 0.1) is 28.5 Å². The van der Waals surface area contributed by atoms with Gasteiger partial charge in [-0.05, 0) is 80.0 Å². The third kappa shape index (κ3) is 13.7. The summed E-state index contributed by atoms with van der Waals surface area (Å²) in [6, 6.07) is 10.3. The van der Waals surface area contributed by atoms with Crippen molar-refractivity contribution in [2.45, 2.75) is 116 Å². The van der Waals surface area contributed by atoms with Gasteiger partial charge in [0.25, 0.3) is 5.91 Å². The summed E-state index contributed by atoms with van der Waals surface area (Å²) in [5, 5.41) is 32.9. The highest BCUT2D eigenvalue weighted by molar-refractivity contribution is 5.87. The summed E-state index contributed by atoms with van der Waals surface area (Å²) >= 11 is 0. The summed E-state index contributed by atoms with van der Waals surface area (Å²) in [4.78, 5) is 61.8. The van der Waals surface area contributed by atoms with Crippen LogP contribution in [0.15, 0.2) is 73.2 Å². The van der Waals surface area contributed by atoms with E-state index < -0.39 is 90.7 Å². The number of aliphatic hydroxyl groups excluding tert-OH is 1. The van der Waals surface area contributed by atoms with Gasteiger partial charge < -0.3 is 40.5 Å². The van der Waals surface area contributed by atoms with Gasteiger partial charge in [-0.1, -0.05) is 56.9 Å². The fourth-order valence-electron chi connectivity index (χ4n) is 9.52. The Morgan fingerprint density at radius 1 is 0.855 bits per heavy atom. The first-order valence-corrected chi connectivity index (χ1v) is 24.5. The van der Waals surface area contributed by atoms with E-state index in [1.54, 1.807) is 51.2 Å². The fourth-order valence-corrected chi connectivity index (χ4v) is 9.52. The predicted octanol–water partition coefficient (Wildman–Crippen LogP) is 5.85. The van der Waals surface area contributed by atoms with Crippen LogP contribution in [-0.4, -0.2) is 147 Å². The minimum absolute atomic E-state index is 0.116.